The molecule has 0 fully saturated rings. The Morgan fingerprint density at radius 1 is 0.958 bits per heavy atom. The molecule has 1 aliphatic heterocycles. The van der Waals surface area contributed by atoms with E-state index < -0.39 is 65.4 Å². The van der Waals surface area contributed by atoms with Crippen LogP contribution in [-0.4, -0.2) is 49.3 Å². The number of rotatable bonds is 7. The first-order valence-corrected chi connectivity index (χ1v) is 14.3. The molecule has 0 saturated carbocycles. The first-order chi connectivity index (χ1) is 22.5. The van der Waals surface area contributed by atoms with Crippen molar-refractivity contribution in [3.05, 3.63) is 76.1 Å². The second-order valence-electron chi connectivity index (χ2n) is 10.7. The van der Waals surface area contributed by atoms with Gasteiger partial charge < -0.3 is 10.1 Å². The van der Waals surface area contributed by atoms with Crippen molar-refractivity contribution in [1.82, 2.24) is 30.6 Å². The second-order valence-corrected chi connectivity index (χ2v) is 10.7. The average Bonchev–Trinajstić information content (AvgIpc) is 3.54. The Kier molecular flexibility index (Phi) is 9.24. The molecule has 10 nitrogen and oxygen atoms in total. The van der Waals surface area contributed by atoms with Gasteiger partial charge in [0, 0.05) is 18.7 Å². The van der Waals surface area contributed by atoms with Crippen molar-refractivity contribution in [3.63, 3.8) is 0 Å². The lowest BCUT2D eigenvalue weighted by Crippen LogP contribution is -2.46. The summed E-state index contributed by atoms with van der Waals surface area (Å²) in [6.45, 7) is 3.36. The summed E-state index contributed by atoms with van der Waals surface area (Å²) in [4.78, 5) is 22.7. The molecule has 4 aromatic rings. The molecule has 2 atom stereocenters. The van der Waals surface area contributed by atoms with Crippen molar-refractivity contribution in [1.29, 1.82) is 0 Å². The van der Waals surface area contributed by atoms with Gasteiger partial charge in [-0.3, -0.25) is 4.90 Å². The number of amides is 1. The highest BCUT2D eigenvalue weighted by Crippen LogP contribution is 2.43. The Bertz CT molecular complexity index is 1740. The number of ether oxygens (including phenoxy) is 1. The number of carbonyl (C=O) groups excluding carboxylic acids is 1. The molecule has 3 heterocycles. The van der Waals surface area contributed by atoms with Gasteiger partial charge in [-0.1, -0.05) is 6.92 Å². The number of alkyl halides is 9. The van der Waals surface area contributed by atoms with Crippen LogP contribution in [0.25, 0.3) is 11.4 Å². The number of aromatic amines is 1. The molecule has 19 heteroatoms. The normalized spacial score (nSPS) is 16.9. The molecule has 1 amide bonds. The van der Waals surface area contributed by atoms with Crippen molar-refractivity contribution in [3.8, 4) is 11.4 Å². The number of benzene rings is 2. The van der Waals surface area contributed by atoms with Crippen LogP contribution in [0.1, 0.15) is 66.2 Å². The van der Waals surface area contributed by atoms with Crippen molar-refractivity contribution in [2.75, 3.05) is 16.8 Å². The van der Waals surface area contributed by atoms with Crippen molar-refractivity contribution >= 4 is 17.7 Å². The zero-order valence-corrected chi connectivity index (χ0v) is 24.9. The van der Waals surface area contributed by atoms with Crippen molar-refractivity contribution in [2.24, 2.45) is 0 Å². The van der Waals surface area contributed by atoms with Gasteiger partial charge >= 0.3 is 24.6 Å². The number of fused-ring (bicyclic) bond motifs is 1. The third-order valence-corrected chi connectivity index (χ3v) is 7.57. The number of H-pyrrole nitrogens is 1. The van der Waals surface area contributed by atoms with Gasteiger partial charge in [0.05, 0.1) is 46.3 Å². The summed E-state index contributed by atoms with van der Waals surface area (Å²) in [6, 6.07) is 2.49. The van der Waals surface area contributed by atoms with Gasteiger partial charge in [-0.25, -0.2) is 14.8 Å². The van der Waals surface area contributed by atoms with E-state index in [1.165, 1.54) is 4.90 Å². The van der Waals surface area contributed by atoms with E-state index in [1.54, 1.807) is 13.8 Å². The summed E-state index contributed by atoms with van der Waals surface area (Å²) in [7, 11) is 0. The number of halogens is 9. The number of anilines is 2. The highest BCUT2D eigenvalue weighted by molar-refractivity contribution is 5.90. The fourth-order valence-corrected chi connectivity index (χ4v) is 5.41. The zero-order valence-electron chi connectivity index (χ0n) is 24.9. The highest BCUT2D eigenvalue weighted by Gasteiger charge is 2.40. The number of aromatic nitrogens is 6. The number of tetrazole rings is 1. The zero-order chi connectivity index (χ0) is 35.0. The topological polar surface area (TPSA) is 122 Å². The first kappa shape index (κ1) is 34.4. The first-order valence-electron chi connectivity index (χ1n) is 14.3. The summed E-state index contributed by atoms with van der Waals surface area (Å²) in [5, 5.41) is 16.2. The van der Waals surface area contributed by atoms with Crippen LogP contribution in [0.2, 0.25) is 0 Å². The molecule has 2 aromatic heterocycles. The Morgan fingerprint density at radius 3 is 2.19 bits per heavy atom. The lowest BCUT2D eigenvalue weighted by molar-refractivity contribution is -0.143. The fourth-order valence-electron chi connectivity index (χ4n) is 5.41. The molecule has 0 saturated heterocycles. The molecular formula is C29H25F9N8O2. The smallest absolute Gasteiger partial charge is 0.416 e. The molecule has 2 aromatic carbocycles. The standard InChI is InChI=1S/C29H25F9N8O2/c1-3-18-12-22(19-11-15(27(30,31)32)5-6-23(19)46(18)26(47)48-4-2)41-25-39-13-20(24-42-44-45-43-24)21(40-25)9-14-7-16(28(33,34)35)10-17(8-14)29(36,37)38/h5-8,10-11,13,18,22H,3-4,9,12H2,1-2H3,(H,39,40,41)(H,42,43,44,45)/t18-,22+/m1/s1. The highest BCUT2D eigenvalue weighted by atomic mass is 19.4. The number of hydrogen-bond acceptors (Lipinski definition) is 8. The van der Waals surface area contributed by atoms with Crippen LogP contribution in [0.15, 0.2) is 42.6 Å². The molecule has 0 aliphatic carbocycles. The van der Waals surface area contributed by atoms with Crippen molar-refractivity contribution in [2.45, 2.75) is 63.7 Å². The average molecular weight is 689 g/mol. The van der Waals surface area contributed by atoms with Crippen LogP contribution in [0.5, 0.6) is 0 Å². The van der Waals surface area contributed by atoms with Gasteiger partial charge in [0.1, 0.15) is 0 Å². The van der Waals surface area contributed by atoms with E-state index in [9.17, 15) is 44.3 Å². The number of nitrogens with zero attached hydrogens (tertiary/aromatic N) is 6. The Labute approximate surface area is 265 Å². The Hall–Kier alpha value is -4.97. The Balaban J connectivity index is 1.59. The van der Waals surface area contributed by atoms with Gasteiger partial charge in [-0.05, 0) is 72.5 Å². The van der Waals surface area contributed by atoms with Crippen LogP contribution in [0, 0.1) is 0 Å². The number of hydrogen-bond donors (Lipinski definition) is 2. The summed E-state index contributed by atoms with van der Waals surface area (Å²) in [5.74, 6) is -0.332. The molecule has 0 radical (unpaired) electrons. The molecule has 48 heavy (non-hydrogen) atoms. The maximum atomic E-state index is 13.8. The van der Waals surface area contributed by atoms with Crippen LogP contribution >= 0.6 is 0 Å². The van der Waals surface area contributed by atoms with E-state index in [2.05, 4.69) is 35.9 Å². The largest absolute Gasteiger partial charge is 0.449 e. The van der Waals surface area contributed by atoms with Crippen LogP contribution in [0.3, 0.4) is 0 Å². The molecule has 0 unspecified atom stereocenters. The minimum atomic E-state index is -5.10. The minimum absolute atomic E-state index is 0.00395. The fraction of sp³-hybridized carbons (Fsp3) is 0.379. The molecular weight excluding hydrogens is 663 g/mol. The van der Waals surface area contributed by atoms with Crippen LogP contribution in [-0.2, 0) is 29.7 Å². The maximum absolute atomic E-state index is 13.8. The third-order valence-electron chi connectivity index (χ3n) is 7.57. The summed E-state index contributed by atoms with van der Waals surface area (Å²) < 4.78 is 128. The van der Waals surface area contributed by atoms with E-state index >= 15 is 0 Å². The van der Waals surface area contributed by atoms with Crippen LogP contribution in [0.4, 0.5) is 55.9 Å². The number of carbonyl (C=O) groups is 1. The predicted molar refractivity (Wildman–Crippen MR) is 150 cm³/mol. The molecule has 1 aliphatic rings. The van der Waals surface area contributed by atoms with Gasteiger partial charge in [-0.15, -0.1) is 10.2 Å². The van der Waals surface area contributed by atoms with Gasteiger partial charge in [0.2, 0.25) is 11.8 Å². The summed E-state index contributed by atoms with van der Waals surface area (Å²) >= 11 is 0. The lowest BCUT2D eigenvalue weighted by atomic mass is 9.89. The second kappa shape index (κ2) is 12.9. The molecule has 0 spiro atoms. The van der Waals surface area contributed by atoms with Gasteiger partial charge in [-0.2, -0.15) is 44.7 Å². The molecule has 0 bridgehead atoms. The molecule has 2 N–H and O–H groups in total. The van der Waals surface area contributed by atoms with E-state index in [-0.39, 0.29) is 53.4 Å². The Morgan fingerprint density at radius 2 is 1.62 bits per heavy atom. The molecule has 256 valence electrons. The van der Waals surface area contributed by atoms with E-state index in [1.807, 2.05) is 0 Å². The SMILES string of the molecule is CCOC(=O)N1c2ccc(C(F)(F)F)cc2[C@@H](Nc2ncc(-c3nn[nH]n3)c(Cc3cc(C(F)(F)F)cc(C(F)(F)F)c3)n2)C[C@H]1CC. The van der Waals surface area contributed by atoms with Gasteiger partial charge in [0.15, 0.2) is 0 Å². The molecule has 5 rings (SSSR count). The summed E-state index contributed by atoms with van der Waals surface area (Å²) in [6.07, 6.45) is -14.7. The van der Waals surface area contributed by atoms with Crippen molar-refractivity contribution < 1.29 is 49.0 Å². The van der Waals surface area contributed by atoms with E-state index in [0.717, 1.165) is 24.4 Å². The van der Waals surface area contributed by atoms with E-state index in [0.29, 0.717) is 18.6 Å². The maximum Gasteiger partial charge on any atom is 0.416 e. The summed E-state index contributed by atoms with van der Waals surface area (Å²) in [5.41, 5.74) is -4.35. The third kappa shape index (κ3) is 7.28. The quantitative estimate of drug-likeness (QED) is 0.191. The van der Waals surface area contributed by atoms with E-state index in [4.69, 9.17) is 4.74 Å². The lowest BCUT2D eigenvalue weighted by Gasteiger charge is -2.40. The van der Waals surface area contributed by atoms with Crippen LogP contribution < -0.4 is 10.2 Å². The number of nitrogens with one attached hydrogen (secondary N) is 2. The monoisotopic (exact) mass is 688 g/mol. The van der Waals surface area contributed by atoms with Gasteiger partial charge in [0.25, 0.3) is 0 Å². The predicted octanol–water partition coefficient (Wildman–Crippen LogP) is 7.60. The minimum Gasteiger partial charge on any atom is -0.449 e.